The summed E-state index contributed by atoms with van der Waals surface area (Å²) in [6.45, 7) is 0.790. The monoisotopic (exact) mass is 364 g/mol. The Kier molecular flexibility index (Phi) is 5.15. The number of fused-ring (bicyclic) bond motifs is 1. The van der Waals surface area contributed by atoms with Crippen LogP contribution < -0.4 is 5.56 Å². The molecule has 0 atom stereocenters. The Bertz CT molecular complexity index is 844. The van der Waals surface area contributed by atoms with Gasteiger partial charge >= 0.3 is 6.18 Å². The smallest absolute Gasteiger partial charge is 0.338 e. The third-order valence-corrected chi connectivity index (χ3v) is 4.51. The van der Waals surface area contributed by atoms with E-state index < -0.39 is 18.5 Å². The van der Waals surface area contributed by atoms with E-state index in [2.05, 4.69) is 0 Å². The zero-order valence-electron chi connectivity index (χ0n) is 14.1. The number of carbonyl (C=O) groups is 1. The molecule has 0 N–H and O–H groups in total. The molecule has 0 unspecified atom stereocenters. The molecule has 0 spiro atoms. The minimum absolute atomic E-state index is 0.107. The molecule has 0 saturated heterocycles. The van der Waals surface area contributed by atoms with Crippen LogP contribution in [0.1, 0.15) is 23.1 Å². The van der Waals surface area contributed by atoms with Crippen molar-refractivity contribution in [3.05, 3.63) is 69.6 Å². The molecule has 1 aliphatic heterocycles. The zero-order valence-corrected chi connectivity index (χ0v) is 14.1. The minimum atomic E-state index is -4.51. The number of carbonyl (C=O) groups excluding carboxylic acids is 1. The molecule has 1 aliphatic rings. The maximum absolute atomic E-state index is 12.4. The van der Waals surface area contributed by atoms with Crippen molar-refractivity contribution in [3.63, 3.8) is 0 Å². The van der Waals surface area contributed by atoms with Crippen LogP contribution >= 0.6 is 0 Å². The van der Waals surface area contributed by atoms with Gasteiger partial charge in [-0.05, 0) is 29.5 Å². The third-order valence-electron chi connectivity index (χ3n) is 4.51. The van der Waals surface area contributed by atoms with E-state index in [0.29, 0.717) is 19.4 Å². The van der Waals surface area contributed by atoms with Gasteiger partial charge < -0.3 is 9.47 Å². The van der Waals surface area contributed by atoms with Crippen LogP contribution in [0.5, 0.6) is 0 Å². The fraction of sp³-hybridized carbons (Fsp3) is 0.368. The maximum Gasteiger partial charge on any atom is 0.397 e. The van der Waals surface area contributed by atoms with Gasteiger partial charge in [0, 0.05) is 31.9 Å². The fourth-order valence-corrected chi connectivity index (χ4v) is 3.14. The number of amides is 1. The molecule has 2 heterocycles. The van der Waals surface area contributed by atoms with E-state index in [0.717, 1.165) is 16.7 Å². The highest BCUT2D eigenvalue weighted by molar-refractivity contribution is 5.77. The number of pyridine rings is 1. The third kappa shape index (κ3) is 4.53. The summed E-state index contributed by atoms with van der Waals surface area (Å²) >= 11 is 0. The van der Waals surface area contributed by atoms with Crippen molar-refractivity contribution >= 4 is 5.91 Å². The van der Waals surface area contributed by atoms with E-state index >= 15 is 0 Å². The normalized spacial score (nSPS) is 14.2. The standard InChI is InChI=1S/C19H19F3N2O2/c20-19(21,22)11-18(26)24-9-7-15-10-17(25)23(12-16(15)13-24)8-6-14-4-2-1-3-5-14/h1-5,10,12H,6-9,11,13H2. The number of hydrogen-bond donors (Lipinski definition) is 0. The van der Waals surface area contributed by atoms with Gasteiger partial charge in [0.25, 0.3) is 5.56 Å². The van der Waals surface area contributed by atoms with Gasteiger partial charge in [-0.1, -0.05) is 30.3 Å². The molecule has 1 aromatic carbocycles. The van der Waals surface area contributed by atoms with Gasteiger partial charge in [-0.3, -0.25) is 9.59 Å². The first-order chi connectivity index (χ1) is 12.3. The summed E-state index contributed by atoms with van der Waals surface area (Å²) in [5, 5.41) is 0. The Morgan fingerprint density at radius 3 is 2.54 bits per heavy atom. The highest BCUT2D eigenvalue weighted by Crippen LogP contribution is 2.24. The number of benzene rings is 1. The lowest BCUT2D eigenvalue weighted by molar-refractivity contribution is -0.162. The van der Waals surface area contributed by atoms with Gasteiger partial charge in [-0.2, -0.15) is 13.2 Å². The quantitative estimate of drug-likeness (QED) is 0.837. The molecule has 1 amide bonds. The molecule has 0 fully saturated rings. The molecule has 0 radical (unpaired) electrons. The number of hydrogen-bond acceptors (Lipinski definition) is 2. The van der Waals surface area contributed by atoms with Crippen LogP contribution in [0.15, 0.2) is 47.4 Å². The molecule has 7 heteroatoms. The van der Waals surface area contributed by atoms with E-state index in [9.17, 15) is 22.8 Å². The van der Waals surface area contributed by atoms with Crippen LogP contribution in [-0.4, -0.2) is 28.1 Å². The van der Waals surface area contributed by atoms with E-state index in [4.69, 9.17) is 0 Å². The Balaban J connectivity index is 1.73. The first kappa shape index (κ1) is 18.2. The summed E-state index contributed by atoms with van der Waals surface area (Å²) in [5.41, 5.74) is 2.51. The largest absolute Gasteiger partial charge is 0.397 e. The molecule has 0 saturated carbocycles. The first-order valence-electron chi connectivity index (χ1n) is 8.42. The van der Waals surface area contributed by atoms with E-state index in [-0.39, 0.29) is 18.6 Å². The summed E-state index contributed by atoms with van der Waals surface area (Å²) in [5.74, 6) is -0.926. The van der Waals surface area contributed by atoms with Gasteiger partial charge in [0.1, 0.15) is 6.42 Å². The number of aromatic nitrogens is 1. The lowest BCUT2D eigenvalue weighted by atomic mass is 10.0. The van der Waals surface area contributed by atoms with Crippen LogP contribution in [0.25, 0.3) is 0 Å². The van der Waals surface area contributed by atoms with E-state index in [1.807, 2.05) is 30.3 Å². The van der Waals surface area contributed by atoms with Crippen LogP contribution in [-0.2, 0) is 30.7 Å². The second-order valence-corrected chi connectivity index (χ2v) is 6.45. The van der Waals surface area contributed by atoms with Crippen molar-refractivity contribution in [2.75, 3.05) is 6.54 Å². The lowest BCUT2D eigenvalue weighted by Crippen LogP contribution is -2.39. The van der Waals surface area contributed by atoms with E-state index in [1.54, 1.807) is 10.8 Å². The van der Waals surface area contributed by atoms with Crippen molar-refractivity contribution in [3.8, 4) is 0 Å². The lowest BCUT2D eigenvalue weighted by Gasteiger charge is -2.29. The highest BCUT2D eigenvalue weighted by Gasteiger charge is 2.34. The Morgan fingerprint density at radius 2 is 1.85 bits per heavy atom. The SMILES string of the molecule is O=C(CC(F)(F)F)N1CCc2cc(=O)n(CCc3ccccc3)cc2C1. The summed E-state index contributed by atoms with van der Waals surface area (Å²) in [6, 6.07) is 11.2. The summed E-state index contributed by atoms with van der Waals surface area (Å²) < 4.78 is 38.9. The molecule has 0 aliphatic carbocycles. The number of alkyl halides is 3. The van der Waals surface area contributed by atoms with Gasteiger partial charge in [-0.25, -0.2) is 0 Å². The van der Waals surface area contributed by atoms with Crippen molar-refractivity contribution in [1.82, 2.24) is 9.47 Å². The fourth-order valence-electron chi connectivity index (χ4n) is 3.14. The summed E-state index contributed by atoms with van der Waals surface area (Å²) in [4.78, 5) is 25.3. The average Bonchev–Trinajstić information content (AvgIpc) is 2.59. The Morgan fingerprint density at radius 1 is 1.12 bits per heavy atom. The molecule has 26 heavy (non-hydrogen) atoms. The predicted octanol–water partition coefficient (Wildman–Crippen LogP) is 2.93. The van der Waals surface area contributed by atoms with Crippen molar-refractivity contribution in [2.45, 2.75) is 38.5 Å². The Labute approximate surface area is 148 Å². The summed E-state index contributed by atoms with van der Waals surface area (Å²) in [6.07, 6.45) is -3.21. The number of rotatable bonds is 4. The molecule has 138 valence electrons. The molecule has 2 aromatic rings. The topological polar surface area (TPSA) is 42.3 Å². The van der Waals surface area contributed by atoms with Crippen LogP contribution in [0, 0.1) is 0 Å². The Hall–Kier alpha value is -2.57. The van der Waals surface area contributed by atoms with Crippen molar-refractivity contribution in [1.29, 1.82) is 0 Å². The van der Waals surface area contributed by atoms with Crippen molar-refractivity contribution < 1.29 is 18.0 Å². The average molecular weight is 364 g/mol. The van der Waals surface area contributed by atoms with E-state index in [1.165, 1.54) is 11.0 Å². The highest BCUT2D eigenvalue weighted by atomic mass is 19.4. The number of aryl methyl sites for hydroxylation is 2. The van der Waals surface area contributed by atoms with Crippen LogP contribution in [0.4, 0.5) is 13.2 Å². The first-order valence-corrected chi connectivity index (χ1v) is 8.42. The molecule has 4 nitrogen and oxygen atoms in total. The second kappa shape index (κ2) is 7.35. The maximum atomic E-state index is 12.4. The number of halogens is 3. The van der Waals surface area contributed by atoms with Gasteiger partial charge in [0.05, 0.1) is 0 Å². The predicted molar refractivity (Wildman–Crippen MR) is 90.6 cm³/mol. The number of nitrogens with zero attached hydrogens (tertiary/aromatic N) is 2. The molecule has 0 bridgehead atoms. The molecular formula is C19H19F3N2O2. The minimum Gasteiger partial charge on any atom is -0.338 e. The van der Waals surface area contributed by atoms with Crippen molar-refractivity contribution in [2.24, 2.45) is 0 Å². The van der Waals surface area contributed by atoms with Gasteiger partial charge in [-0.15, -0.1) is 0 Å². The van der Waals surface area contributed by atoms with Crippen LogP contribution in [0.3, 0.4) is 0 Å². The molecule has 3 rings (SSSR count). The van der Waals surface area contributed by atoms with Gasteiger partial charge in [0.15, 0.2) is 0 Å². The molecular weight excluding hydrogens is 345 g/mol. The zero-order chi connectivity index (χ0) is 18.7. The summed E-state index contributed by atoms with van der Waals surface area (Å²) in [7, 11) is 0. The second-order valence-electron chi connectivity index (χ2n) is 6.45. The molecule has 1 aromatic heterocycles. The van der Waals surface area contributed by atoms with Crippen LogP contribution in [0.2, 0.25) is 0 Å². The van der Waals surface area contributed by atoms with Gasteiger partial charge in [0.2, 0.25) is 5.91 Å².